The minimum atomic E-state index is -4.27. The molecule has 0 amide bonds. The van der Waals surface area contributed by atoms with Crippen LogP contribution in [0.15, 0.2) is 29.2 Å². The number of quaternary nitrogens is 1. The number of benzene rings is 1. The summed E-state index contributed by atoms with van der Waals surface area (Å²) in [6.45, 7) is 1.82. The van der Waals surface area contributed by atoms with Crippen LogP contribution in [0.2, 0.25) is 0 Å². The molecule has 2 rings (SSSR count). The van der Waals surface area contributed by atoms with E-state index in [1.807, 2.05) is 6.92 Å². The molecule has 22 heavy (non-hydrogen) atoms. The highest BCUT2D eigenvalue weighted by atomic mass is 35.5. The minimum absolute atomic E-state index is 0.0398. The Labute approximate surface area is 135 Å². The second-order valence-electron chi connectivity index (χ2n) is 5.27. The van der Waals surface area contributed by atoms with E-state index in [-0.39, 0.29) is 11.0 Å². The Morgan fingerprint density at radius 3 is 2.14 bits per heavy atom. The van der Waals surface area contributed by atoms with Gasteiger partial charge in [0.1, 0.15) is 16.2 Å². The van der Waals surface area contributed by atoms with Crippen LogP contribution in [-0.4, -0.2) is 30.5 Å². The van der Waals surface area contributed by atoms with Gasteiger partial charge < -0.3 is 15.0 Å². The smallest absolute Gasteiger partial charge is 0.404 e. The fourth-order valence-electron chi connectivity index (χ4n) is 2.09. The lowest BCUT2D eigenvalue weighted by Gasteiger charge is -2.22. The number of hydrogen-bond acceptors (Lipinski definition) is 5. The van der Waals surface area contributed by atoms with E-state index < -0.39 is 15.5 Å². The maximum atomic E-state index is 10.4. The maximum absolute atomic E-state index is 10.4. The average molecular weight is 350 g/mol. The number of ether oxygens (including phenoxy) is 1. The van der Waals surface area contributed by atoms with Gasteiger partial charge in [0.25, 0.3) is 0 Å². The molecule has 0 spiro atoms. The topological polar surface area (TPSA) is 111 Å². The fraction of sp³-hybridized carbons (Fsp3) is 0.500. The van der Waals surface area contributed by atoms with Gasteiger partial charge >= 0.3 is 5.43 Å². The van der Waals surface area contributed by atoms with Crippen LogP contribution < -0.4 is 5.73 Å². The zero-order chi connectivity index (χ0) is 16.8. The maximum Gasteiger partial charge on any atom is 0.404 e. The molecule has 3 N–H and O–H groups in total. The third-order valence-electron chi connectivity index (χ3n) is 3.36. The normalized spacial score (nSPS) is 21.5. The monoisotopic (exact) mass is 349 g/mol. The van der Waals surface area contributed by atoms with Gasteiger partial charge in [-0.05, 0) is 31.9 Å². The molecule has 1 aromatic rings. The summed E-state index contributed by atoms with van der Waals surface area (Å²) in [4.78, 5) is 10.1. The quantitative estimate of drug-likeness (QED) is 0.646. The summed E-state index contributed by atoms with van der Waals surface area (Å²) >= 11 is 5.07. The standard InChI is InChI=1S/C7H12ClNO2.C7H8O3S/c8-7(10)11-6-3-1-5(9)2-4-6;1-6-2-4-7(5-3-6)11(8,9)10/h5-6H,1-4,9H2;2-5H,1H3,(H,8,9,10). The number of aryl methyl sites for hydroxylation is 1. The summed E-state index contributed by atoms with van der Waals surface area (Å²) in [7, 11) is -4.27. The summed E-state index contributed by atoms with van der Waals surface area (Å²) in [6.07, 6.45) is 3.93. The van der Waals surface area contributed by atoms with Gasteiger partial charge in [0.05, 0.1) is 10.9 Å². The molecule has 1 fully saturated rings. The first-order valence-corrected chi connectivity index (χ1v) is 8.69. The van der Waals surface area contributed by atoms with E-state index in [0.717, 1.165) is 31.2 Å². The summed E-state index contributed by atoms with van der Waals surface area (Å²) in [5.41, 5.74) is 4.18. The SMILES string of the molecule is Cc1ccc(S(=O)(=O)[O-])cc1.[NH3+]C1CCC(OC(=O)Cl)CC1. The van der Waals surface area contributed by atoms with Gasteiger partial charge in [-0.1, -0.05) is 17.7 Å². The van der Waals surface area contributed by atoms with Crippen molar-refractivity contribution in [2.45, 2.75) is 49.6 Å². The van der Waals surface area contributed by atoms with Crippen LogP contribution in [0.4, 0.5) is 4.79 Å². The Kier molecular flexibility index (Phi) is 7.28. The van der Waals surface area contributed by atoms with Crippen LogP contribution in [0.5, 0.6) is 0 Å². The zero-order valence-electron chi connectivity index (χ0n) is 12.3. The third-order valence-corrected chi connectivity index (χ3v) is 4.30. The Hall–Kier alpha value is -1.15. The van der Waals surface area contributed by atoms with Crippen molar-refractivity contribution in [1.29, 1.82) is 0 Å². The molecule has 0 aliphatic heterocycles. The Bertz CT molecular complexity index is 580. The lowest BCUT2D eigenvalue weighted by atomic mass is 9.94. The summed E-state index contributed by atoms with van der Waals surface area (Å²) < 4.78 is 36.0. The van der Waals surface area contributed by atoms with Crippen molar-refractivity contribution in [2.75, 3.05) is 0 Å². The van der Waals surface area contributed by atoms with E-state index in [9.17, 15) is 17.8 Å². The fourth-order valence-corrected chi connectivity index (χ4v) is 2.68. The van der Waals surface area contributed by atoms with E-state index >= 15 is 0 Å². The zero-order valence-corrected chi connectivity index (χ0v) is 13.9. The molecule has 6 nitrogen and oxygen atoms in total. The first-order valence-electron chi connectivity index (χ1n) is 6.90. The van der Waals surface area contributed by atoms with Crippen molar-refractivity contribution in [3.05, 3.63) is 29.8 Å². The highest BCUT2D eigenvalue weighted by Gasteiger charge is 2.22. The van der Waals surface area contributed by atoms with Crippen molar-refractivity contribution in [2.24, 2.45) is 0 Å². The molecule has 0 unspecified atom stereocenters. The third kappa shape index (κ3) is 7.22. The van der Waals surface area contributed by atoms with E-state index in [4.69, 9.17) is 16.3 Å². The van der Waals surface area contributed by atoms with Crippen molar-refractivity contribution in [3.63, 3.8) is 0 Å². The molecule has 0 bridgehead atoms. The highest BCUT2D eigenvalue weighted by molar-refractivity contribution is 7.85. The first-order chi connectivity index (χ1) is 10.2. The van der Waals surface area contributed by atoms with E-state index in [2.05, 4.69) is 5.73 Å². The molecule has 0 atom stereocenters. The lowest BCUT2D eigenvalue weighted by molar-refractivity contribution is -0.426. The first kappa shape index (κ1) is 18.9. The minimum Gasteiger partial charge on any atom is -0.744 e. The molecule has 1 aliphatic rings. The summed E-state index contributed by atoms with van der Waals surface area (Å²) in [5.74, 6) is 0. The predicted molar refractivity (Wildman–Crippen MR) is 80.4 cm³/mol. The van der Waals surface area contributed by atoms with Crippen LogP contribution in [0.3, 0.4) is 0 Å². The molecule has 0 saturated heterocycles. The van der Waals surface area contributed by atoms with Crippen molar-refractivity contribution in [1.82, 2.24) is 0 Å². The Morgan fingerprint density at radius 2 is 1.73 bits per heavy atom. The van der Waals surface area contributed by atoms with Crippen LogP contribution in [0, 0.1) is 6.92 Å². The van der Waals surface area contributed by atoms with E-state index in [1.54, 1.807) is 12.1 Å². The number of hydrogen-bond donors (Lipinski definition) is 1. The van der Waals surface area contributed by atoms with Gasteiger partial charge in [0, 0.05) is 24.4 Å². The molecule has 1 aromatic carbocycles. The van der Waals surface area contributed by atoms with Gasteiger partial charge in [-0.25, -0.2) is 13.2 Å². The Morgan fingerprint density at radius 1 is 1.23 bits per heavy atom. The molecule has 124 valence electrons. The summed E-state index contributed by atoms with van der Waals surface area (Å²) in [5, 5.41) is 0. The molecule has 0 radical (unpaired) electrons. The van der Waals surface area contributed by atoms with Crippen LogP contribution in [0.25, 0.3) is 0 Å². The number of carbonyl (C=O) groups is 1. The molecular formula is C14H20ClNO5S. The number of halogens is 1. The van der Waals surface area contributed by atoms with Gasteiger partial charge in [-0.2, -0.15) is 0 Å². The number of rotatable bonds is 2. The molecule has 8 heteroatoms. The molecule has 1 aliphatic carbocycles. The molecule has 1 saturated carbocycles. The van der Waals surface area contributed by atoms with Gasteiger partial charge in [-0.15, -0.1) is 0 Å². The lowest BCUT2D eigenvalue weighted by Crippen LogP contribution is -2.62. The van der Waals surface area contributed by atoms with E-state index in [0.29, 0.717) is 6.04 Å². The Balaban J connectivity index is 0.000000220. The van der Waals surface area contributed by atoms with Crippen LogP contribution in [-0.2, 0) is 14.9 Å². The van der Waals surface area contributed by atoms with Crippen molar-refractivity contribution < 1.29 is 28.2 Å². The average Bonchev–Trinajstić information content (AvgIpc) is 2.41. The summed E-state index contributed by atoms with van der Waals surface area (Å²) in [6, 6.07) is 6.31. The van der Waals surface area contributed by atoms with Crippen LogP contribution in [0.1, 0.15) is 31.2 Å². The van der Waals surface area contributed by atoms with Crippen molar-refractivity contribution >= 4 is 27.1 Å². The van der Waals surface area contributed by atoms with Gasteiger partial charge in [-0.3, -0.25) is 0 Å². The van der Waals surface area contributed by atoms with Crippen LogP contribution >= 0.6 is 11.6 Å². The van der Waals surface area contributed by atoms with E-state index in [1.165, 1.54) is 12.1 Å². The van der Waals surface area contributed by atoms with Gasteiger partial charge in [0.2, 0.25) is 0 Å². The second kappa shape index (κ2) is 8.47. The predicted octanol–water partition coefficient (Wildman–Crippen LogP) is 1.81. The second-order valence-corrected chi connectivity index (χ2v) is 6.95. The molecular weight excluding hydrogens is 330 g/mol. The largest absolute Gasteiger partial charge is 0.744 e. The molecule has 0 aromatic heterocycles. The van der Waals surface area contributed by atoms with Crippen molar-refractivity contribution in [3.8, 4) is 0 Å². The van der Waals surface area contributed by atoms with Gasteiger partial charge in [0.15, 0.2) is 0 Å². The molecule has 0 heterocycles. The number of carbonyl (C=O) groups excluding carboxylic acids is 1. The highest BCUT2D eigenvalue weighted by Crippen LogP contribution is 2.19.